The van der Waals surface area contributed by atoms with Crippen LogP contribution in [0, 0.1) is 39.9 Å². The summed E-state index contributed by atoms with van der Waals surface area (Å²) in [5.41, 5.74) is 28.7. The Balaban J connectivity index is 1.17. The van der Waals surface area contributed by atoms with Gasteiger partial charge >= 0.3 is 0 Å². The maximum Gasteiger partial charge on any atom is 0.252 e. The molecule has 89 heavy (non-hydrogen) atoms. The Morgan fingerprint density at radius 3 is 1.89 bits per heavy atom. The zero-order valence-corrected chi connectivity index (χ0v) is 52.0. The van der Waals surface area contributed by atoms with Gasteiger partial charge < -0.3 is 70.2 Å². The van der Waals surface area contributed by atoms with E-state index in [0.29, 0.717) is 56.4 Å². The van der Waals surface area contributed by atoms with Crippen LogP contribution in [0.15, 0.2) is 54.6 Å². The van der Waals surface area contributed by atoms with Gasteiger partial charge in [-0.05, 0) is 144 Å². The van der Waals surface area contributed by atoms with Crippen LogP contribution in [0.3, 0.4) is 0 Å². The summed E-state index contributed by atoms with van der Waals surface area (Å²) < 4.78 is 5.51. The maximum atomic E-state index is 15.5. The molecule has 1 saturated heterocycles. The summed E-state index contributed by atoms with van der Waals surface area (Å²) in [4.78, 5) is 143. The third-order valence-corrected chi connectivity index (χ3v) is 17.9. The summed E-state index contributed by atoms with van der Waals surface area (Å²) in [6.07, 6.45) is 4.72. The van der Waals surface area contributed by atoms with Crippen LogP contribution in [0.2, 0.25) is 0 Å². The van der Waals surface area contributed by atoms with E-state index in [-0.39, 0.29) is 81.9 Å². The molecule has 0 spiro atoms. The lowest BCUT2D eigenvalue weighted by atomic mass is 9.43. The zero-order valence-electron chi connectivity index (χ0n) is 52.0. The lowest BCUT2D eigenvalue weighted by molar-refractivity contribution is -0.186. The molecular formula is C62H94N16O11. The van der Waals surface area contributed by atoms with E-state index in [1.54, 1.807) is 75.4 Å². The first-order valence-electron chi connectivity index (χ1n) is 31.2. The number of nitrogens with two attached hydrogens (primary N) is 5. The van der Waals surface area contributed by atoms with E-state index in [2.05, 4.69) is 37.2 Å². The third-order valence-electron chi connectivity index (χ3n) is 17.9. The van der Waals surface area contributed by atoms with Crippen molar-refractivity contribution < 1.29 is 52.7 Å². The number of ether oxygens (including phenoxy) is 1. The van der Waals surface area contributed by atoms with Gasteiger partial charge in [-0.25, -0.2) is 0 Å². The van der Waals surface area contributed by atoms with Gasteiger partial charge in [0.1, 0.15) is 41.5 Å². The quantitative estimate of drug-likeness (QED) is 0.0258. The molecule has 10 amide bonds. The van der Waals surface area contributed by atoms with Crippen LogP contribution in [0.25, 0.3) is 0 Å². The van der Waals surface area contributed by atoms with E-state index in [1.807, 2.05) is 6.92 Å². The van der Waals surface area contributed by atoms with Gasteiger partial charge in [-0.2, -0.15) is 0 Å². The van der Waals surface area contributed by atoms with Crippen molar-refractivity contribution in [3.8, 4) is 5.75 Å². The van der Waals surface area contributed by atoms with Crippen molar-refractivity contribution in [2.24, 2.45) is 57.8 Å². The summed E-state index contributed by atoms with van der Waals surface area (Å²) in [7, 11) is 0. The number of nitrogens with zero attached hydrogens (tertiary/aromatic N) is 2. The predicted molar refractivity (Wildman–Crippen MR) is 331 cm³/mol. The van der Waals surface area contributed by atoms with Gasteiger partial charge in [0.2, 0.25) is 53.2 Å². The molecule has 7 rings (SSSR count). The molecule has 488 valence electrons. The van der Waals surface area contributed by atoms with Crippen molar-refractivity contribution in [2.75, 3.05) is 26.2 Å². The average molecular weight is 1240 g/mol. The van der Waals surface area contributed by atoms with Gasteiger partial charge in [0.05, 0.1) is 25.1 Å². The number of rotatable bonds is 32. The number of hydrogen-bond acceptors (Lipinski definition) is 15. The molecule has 19 N–H and O–H groups in total. The summed E-state index contributed by atoms with van der Waals surface area (Å²) in [6, 6.07) is 7.46. The molecule has 4 saturated carbocycles. The number of nitrogens with one attached hydrogen (secondary N) is 9. The standard InChI is InChI=1S/C62H94N16O11/c1-6-43(63)56(86)77-25-12-17-48(77)54(84)72-45(16-11-23-70-59(67)68)57(87)78(36(5)79)62(58(66)88,61-32-39-26-40(33-61)28-41(27-39)34-61)22-13-24-71-60(69)76-53(83)47(31-49(65)80)74-55(85)50(35(3)4)75-52(82)46(30-37-14-9-8-10-15-37)73-51(81)44(64)29-38-18-20-42(21-19-38)89-7-2/h8-10,14-15,18-21,35,39-41,43-48,50H,6-7,11-13,16-17,22-34,63-64H2,1-5H3,(H2,65,80)(H2,66,88)(H,72,84)(H,73,81)(H,74,85)(H,75,82)(H4,67,68,70)(H3,69,71,76,83)/t39?,40?,41?,43?,44-,45-,46-,47-,48-,50-,61?,62-/m0/s1. The topological polar surface area (TPSA) is 448 Å². The molecule has 27 heteroatoms. The lowest BCUT2D eigenvalue weighted by Crippen LogP contribution is -2.74. The molecule has 5 aliphatic rings. The van der Waals surface area contributed by atoms with Crippen molar-refractivity contribution in [3.05, 3.63) is 65.7 Å². The van der Waals surface area contributed by atoms with Crippen LogP contribution < -0.4 is 70.6 Å². The number of amides is 10. The summed E-state index contributed by atoms with van der Waals surface area (Å²) in [5, 5.41) is 35.1. The minimum atomic E-state index is -1.96. The highest BCUT2D eigenvalue weighted by molar-refractivity contribution is 6.06. The highest BCUT2D eigenvalue weighted by Gasteiger charge is 2.67. The van der Waals surface area contributed by atoms with Crippen LogP contribution >= 0.6 is 0 Å². The molecule has 4 bridgehead atoms. The van der Waals surface area contributed by atoms with Crippen molar-refractivity contribution in [1.29, 1.82) is 10.8 Å². The molecule has 2 aromatic rings. The molecule has 8 atom stereocenters. The van der Waals surface area contributed by atoms with Gasteiger partial charge in [-0.3, -0.25) is 69.0 Å². The molecule has 1 heterocycles. The van der Waals surface area contributed by atoms with E-state index < -0.39 is 131 Å². The van der Waals surface area contributed by atoms with Gasteiger partial charge in [-0.15, -0.1) is 0 Å². The normalized spacial score (nSPS) is 21.7. The zero-order chi connectivity index (χ0) is 65.3. The highest BCUT2D eigenvalue weighted by Crippen LogP contribution is 2.65. The van der Waals surface area contributed by atoms with Crippen molar-refractivity contribution in [3.63, 3.8) is 0 Å². The number of carbonyl (C=O) groups excluding carboxylic acids is 10. The Kier molecular flexibility index (Phi) is 25.0. The van der Waals surface area contributed by atoms with E-state index in [4.69, 9.17) is 44.2 Å². The van der Waals surface area contributed by atoms with Crippen molar-refractivity contribution in [2.45, 2.75) is 185 Å². The van der Waals surface area contributed by atoms with Gasteiger partial charge in [0.15, 0.2) is 11.9 Å². The number of guanidine groups is 2. The van der Waals surface area contributed by atoms with Gasteiger partial charge in [0, 0.05) is 38.4 Å². The fraction of sp³-hybridized carbons (Fsp3) is 0.613. The second kappa shape index (κ2) is 31.8. The van der Waals surface area contributed by atoms with E-state index in [0.717, 1.165) is 29.7 Å². The fourth-order valence-electron chi connectivity index (χ4n) is 14.1. The first kappa shape index (κ1) is 69.9. The van der Waals surface area contributed by atoms with Gasteiger partial charge in [-0.1, -0.05) is 63.2 Å². The van der Waals surface area contributed by atoms with Crippen LogP contribution in [0.5, 0.6) is 5.75 Å². The van der Waals surface area contributed by atoms with Crippen molar-refractivity contribution in [1.82, 2.24) is 47.0 Å². The van der Waals surface area contributed by atoms with E-state index >= 15 is 4.79 Å². The molecule has 4 aliphatic carbocycles. The largest absolute Gasteiger partial charge is 0.494 e. The number of benzene rings is 2. The monoisotopic (exact) mass is 1240 g/mol. The summed E-state index contributed by atoms with van der Waals surface area (Å²) >= 11 is 0. The summed E-state index contributed by atoms with van der Waals surface area (Å²) in [5.74, 6) is -8.22. The number of imide groups is 1. The number of primary amides is 2. The minimum absolute atomic E-state index is 0.00594. The Morgan fingerprint density at radius 1 is 0.719 bits per heavy atom. The highest BCUT2D eigenvalue weighted by atomic mass is 16.5. The average Bonchev–Trinajstić information content (AvgIpc) is 0.763. The third kappa shape index (κ3) is 18.0. The molecule has 0 aromatic heterocycles. The van der Waals surface area contributed by atoms with E-state index in [1.165, 1.54) is 11.8 Å². The smallest absolute Gasteiger partial charge is 0.252 e. The van der Waals surface area contributed by atoms with Gasteiger partial charge in [0.25, 0.3) is 5.91 Å². The second-order valence-corrected chi connectivity index (χ2v) is 24.9. The predicted octanol–water partition coefficient (Wildman–Crippen LogP) is -0.104. The van der Waals surface area contributed by atoms with Crippen molar-refractivity contribution >= 4 is 71.0 Å². The van der Waals surface area contributed by atoms with E-state index in [9.17, 15) is 43.2 Å². The SMILES string of the molecule is CCOc1ccc(C[C@H](N)C(=O)N[C@@H](Cc2ccccc2)C(=O)N[C@H](C(=O)N[C@@H](CC(N)=O)C(=O)NC(=N)NCCC[C@@](C(N)=O)(N(C(C)=O)C(=O)[C@H](CCCNC(=N)N)NC(=O)[C@@H]2CCCN2C(=O)C(N)CC)C23CC4CC(CC(C4)C2)C3)C(C)C)cc1. The molecule has 2 aromatic carbocycles. The summed E-state index contributed by atoms with van der Waals surface area (Å²) in [6.45, 7) is 8.80. The molecule has 27 nitrogen and oxygen atoms in total. The first-order valence-corrected chi connectivity index (χ1v) is 31.2. The Bertz CT molecular complexity index is 2860. The maximum absolute atomic E-state index is 15.5. The fourth-order valence-corrected chi connectivity index (χ4v) is 14.1. The second-order valence-electron chi connectivity index (χ2n) is 24.9. The molecule has 1 aliphatic heterocycles. The lowest BCUT2D eigenvalue weighted by Gasteiger charge is -2.64. The molecule has 0 radical (unpaired) electrons. The Labute approximate surface area is 520 Å². The molecule has 1 unspecified atom stereocenters. The van der Waals surface area contributed by atoms with Crippen LogP contribution in [-0.2, 0) is 60.8 Å². The Hall–Kier alpha value is -8.20. The Morgan fingerprint density at radius 2 is 1.33 bits per heavy atom. The number of carbonyl (C=O) groups is 10. The molecule has 5 fully saturated rings. The minimum Gasteiger partial charge on any atom is -0.494 e. The van der Waals surface area contributed by atoms with Crippen LogP contribution in [0.4, 0.5) is 0 Å². The number of hydrogen-bond donors (Lipinski definition) is 14. The molecular weight excluding hydrogens is 1140 g/mol. The van der Waals surface area contributed by atoms with Crippen LogP contribution in [-0.4, -0.2) is 155 Å². The van der Waals surface area contributed by atoms with Crippen LogP contribution in [0.1, 0.15) is 136 Å². The number of likely N-dealkylation sites (tertiary alicyclic amines) is 1. The first-order chi connectivity index (χ1) is 42.2.